The topological polar surface area (TPSA) is 93.7 Å². The molecule has 5 rings (SSSR count). The van der Waals surface area contributed by atoms with Crippen molar-refractivity contribution in [2.45, 2.75) is 82.5 Å². The van der Waals surface area contributed by atoms with Gasteiger partial charge in [0.15, 0.2) is 17.0 Å². The van der Waals surface area contributed by atoms with E-state index in [4.69, 9.17) is 20.7 Å². The van der Waals surface area contributed by atoms with Crippen molar-refractivity contribution in [1.29, 1.82) is 0 Å². The van der Waals surface area contributed by atoms with Crippen molar-refractivity contribution in [1.82, 2.24) is 19.5 Å². The van der Waals surface area contributed by atoms with Gasteiger partial charge in [-0.1, -0.05) is 43.2 Å². The molecule has 0 bridgehead atoms. The fourth-order valence-electron chi connectivity index (χ4n) is 5.01. The van der Waals surface area contributed by atoms with Gasteiger partial charge < -0.3 is 20.9 Å². The molecular formula is C24H35Cl2N7. The van der Waals surface area contributed by atoms with E-state index >= 15 is 0 Å². The van der Waals surface area contributed by atoms with Gasteiger partial charge in [0.2, 0.25) is 5.95 Å². The van der Waals surface area contributed by atoms with Crippen molar-refractivity contribution in [3.05, 3.63) is 42.2 Å². The van der Waals surface area contributed by atoms with E-state index in [1.165, 1.54) is 31.2 Å². The Bertz CT molecular complexity index is 1010. The Balaban J connectivity index is 0.00000153. The van der Waals surface area contributed by atoms with Gasteiger partial charge in [-0.15, -0.1) is 24.8 Å². The summed E-state index contributed by atoms with van der Waals surface area (Å²) in [7, 11) is 0. The molecule has 0 radical (unpaired) electrons. The van der Waals surface area contributed by atoms with Crippen molar-refractivity contribution in [2.24, 2.45) is 5.73 Å². The van der Waals surface area contributed by atoms with Crippen LogP contribution >= 0.6 is 24.8 Å². The molecule has 0 aliphatic heterocycles. The van der Waals surface area contributed by atoms with Crippen molar-refractivity contribution in [3.63, 3.8) is 0 Å². The van der Waals surface area contributed by atoms with Crippen LogP contribution in [0.15, 0.2) is 36.7 Å². The smallest absolute Gasteiger partial charge is 0.227 e. The highest BCUT2D eigenvalue weighted by Gasteiger charge is 2.24. The minimum Gasteiger partial charge on any atom is -0.362 e. The van der Waals surface area contributed by atoms with Gasteiger partial charge in [-0.05, 0) is 51.0 Å². The van der Waals surface area contributed by atoms with Gasteiger partial charge in [-0.25, -0.2) is 4.98 Å². The number of benzene rings is 1. The quantitative estimate of drug-likeness (QED) is 0.412. The van der Waals surface area contributed by atoms with E-state index < -0.39 is 0 Å². The Morgan fingerprint density at radius 1 is 0.970 bits per heavy atom. The molecule has 2 heterocycles. The first-order chi connectivity index (χ1) is 15.2. The Kier molecular flexibility index (Phi) is 8.79. The van der Waals surface area contributed by atoms with Crippen LogP contribution < -0.4 is 16.4 Å². The van der Waals surface area contributed by atoms with Gasteiger partial charge in [-0.2, -0.15) is 9.97 Å². The summed E-state index contributed by atoms with van der Waals surface area (Å²) in [6, 6.07) is 11.8. The lowest BCUT2D eigenvalue weighted by molar-refractivity contribution is 0.410. The second-order valence-corrected chi connectivity index (χ2v) is 9.19. The number of imidazole rings is 1. The number of hydrogen-bond acceptors (Lipinski definition) is 6. The van der Waals surface area contributed by atoms with E-state index in [1.807, 2.05) is 12.4 Å². The molecule has 7 nitrogen and oxygen atoms in total. The SMILES string of the molecule is CC(Nc1nc(NC2CCC(N)CC2)nc2c1ncn2C1CCCC1)c1ccccc1.Cl.Cl. The van der Waals surface area contributed by atoms with Crippen molar-refractivity contribution in [3.8, 4) is 0 Å². The zero-order valence-electron chi connectivity index (χ0n) is 19.1. The maximum atomic E-state index is 6.09. The molecule has 33 heavy (non-hydrogen) atoms. The molecule has 2 fully saturated rings. The van der Waals surface area contributed by atoms with Gasteiger partial charge >= 0.3 is 0 Å². The van der Waals surface area contributed by atoms with E-state index in [-0.39, 0.29) is 30.9 Å². The minimum absolute atomic E-state index is 0. The molecule has 0 amide bonds. The summed E-state index contributed by atoms with van der Waals surface area (Å²) in [5.41, 5.74) is 9.10. The number of anilines is 2. The van der Waals surface area contributed by atoms with Gasteiger partial charge in [0.25, 0.3) is 0 Å². The second-order valence-electron chi connectivity index (χ2n) is 9.19. The van der Waals surface area contributed by atoms with Crippen LogP contribution in [0, 0.1) is 0 Å². The molecule has 1 atom stereocenters. The van der Waals surface area contributed by atoms with Gasteiger partial charge in [-0.3, -0.25) is 0 Å². The summed E-state index contributed by atoms with van der Waals surface area (Å²) in [4.78, 5) is 14.6. The van der Waals surface area contributed by atoms with Gasteiger partial charge in [0, 0.05) is 18.1 Å². The molecule has 3 aromatic rings. The monoisotopic (exact) mass is 491 g/mol. The number of fused-ring (bicyclic) bond motifs is 1. The molecule has 2 aromatic heterocycles. The van der Waals surface area contributed by atoms with Crippen LogP contribution in [0.1, 0.15) is 75.9 Å². The first kappa shape index (κ1) is 25.5. The average Bonchev–Trinajstić information content (AvgIpc) is 3.46. The summed E-state index contributed by atoms with van der Waals surface area (Å²) in [6.45, 7) is 2.16. The number of aromatic nitrogens is 4. The molecule has 9 heteroatoms. The van der Waals surface area contributed by atoms with Crippen LogP contribution in [-0.4, -0.2) is 31.6 Å². The maximum absolute atomic E-state index is 6.09. The van der Waals surface area contributed by atoms with Crippen LogP contribution in [0.2, 0.25) is 0 Å². The van der Waals surface area contributed by atoms with Crippen molar-refractivity contribution < 1.29 is 0 Å². The molecule has 1 unspecified atom stereocenters. The van der Waals surface area contributed by atoms with Crippen LogP contribution in [0.3, 0.4) is 0 Å². The first-order valence-electron chi connectivity index (χ1n) is 11.8. The average molecular weight is 492 g/mol. The Morgan fingerprint density at radius 3 is 2.36 bits per heavy atom. The highest BCUT2D eigenvalue weighted by Crippen LogP contribution is 2.34. The lowest BCUT2D eigenvalue weighted by atomic mass is 9.92. The lowest BCUT2D eigenvalue weighted by Crippen LogP contribution is -2.33. The predicted molar refractivity (Wildman–Crippen MR) is 140 cm³/mol. The van der Waals surface area contributed by atoms with Crippen molar-refractivity contribution in [2.75, 3.05) is 10.6 Å². The lowest BCUT2D eigenvalue weighted by Gasteiger charge is -2.27. The van der Waals surface area contributed by atoms with Crippen LogP contribution in [0.25, 0.3) is 11.2 Å². The minimum atomic E-state index is 0. The summed E-state index contributed by atoms with van der Waals surface area (Å²) in [6.07, 6.45) is 11.1. The molecule has 1 aromatic carbocycles. The zero-order valence-corrected chi connectivity index (χ0v) is 20.7. The zero-order chi connectivity index (χ0) is 21.2. The molecule has 2 aliphatic rings. The molecular weight excluding hydrogens is 457 g/mol. The predicted octanol–water partition coefficient (Wildman–Crippen LogP) is 5.64. The third-order valence-electron chi connectivity index (χ3n) is 6.90. The second kappa shape index (κ2) is 11.4. The molecule has 0 spiro atoms. The highest BCUT2D eigenvalue weighted by molar-refractivity contribution is 5.86. The van der Waals surface area contributed by atoms with Crippen LogP contribution in [-0.2, 0) is 0 Å². The summed E-state index contributed by atoms with van der Waals surface area (Å²) in [5, 5.41) is 7.20. The van der Waals surface area contributed by atoms with Crippen LogP contribution in [0.4, 0.5) is 11.8 Å². The molecule has 2 aliphatic carbocycles. The van der Waals surface area contributed by atoms with Crippen LogP contribution in [0.5, 0.6) is 0 Å². The van der Waals surface area contributed by atoms with E-state index in [9.17, 15) is 0 Å². The fraction of sp³-hybridized carbons (Fsp3) is 0.542. The number of nitrogens with zero attached hydrogens (tertiary/aromatic N) is 4. The van der Waals surface area contributed by atoms with Gasteiger partial charge in [0.05, 0.1) is 12.4 Å². The largest absolute Gasteiger partial charge is 0.362 e. The van der Waals surface area contributed by atoms with Crippen molar-refractivity contribution >= 4 is 47.7 Å². The number of halogens is 2. The summed E-state index contributed by atoms with van der Waals surface area (Å²) >= 11 is 0. The number of hydrogen-bond donors (Lipinski definition) is 3. The number of rotatable bonds is 6. The Morgan fingerprint density at radius 2 is 1.67 bits per heavy atom. The fourth-order valence-corrected chi connectivity index (χ4v) is 5.01. The van der Waals surface area contributed by atoms with E-state index in [0.29, 0.717) is 24.1 Å². The number of nitrogens with two attached hydrogens (primary N) is 1. The molecule has 2 saturated carbocycles. The van der Waals surface area contributed by atoms with E-state index in [0.717, 1.165) is 42.7 Å². The first-order valence-corrected chi connectivity index (χ1v) is 11.8. The summed E-state index contributed by atoms with van der Waals surface area (Å²) in [5.74, 6) is 1.49. The molecule has 180 valence electrons. The van der Waals surface area contributed by atoms with E-state index in [1.54, 1.807) is 0 Å². The van der Waals surface area contributed by atoms with Gasteiger partial charge in [0.1, 0.15) is 0 Å². The number of nitrogens with one attached hydrogen (secondary N) is 2. The highest BCUT2D eigenvalue weighted by atomic mass is 35.5. The maximum Gasteiger partial charge on any atom is 0.227 e. The third-order valence-corrected chi connectivity index (χ3v) is 6.90. The normalized spacial score (nSPS) is 21.8. The Hall–Kier alpha value is -2.09. The summed E-state index contributed by atoms with van der Waals surface area (Å²) < 4.78 is 2.27. The Labute approximate surface area is 208 Å². The standard InChI is InChI=1S/C24H33N7.2ClH/c1-16(17-7-3-2-4-8-17)27-22-21-23(31(15-26-21)20-9-5-6-10-20)30-24(29-22)28-19-13-11-18(25)12-14-19;;/h2-4,7-8,15-16,18-20H,5-6,9-14,25H2,1H3,(H2,27,28,29,30);2*1H. The molecule has 0 saturated heterocycles. The third kappa shape index (κ3) is 5.70. The van der Waals surface area contributed by atoms with E-state index in [2.05, 4.69) is 46.4 Å². The molecule has 4 N–H and O–H groups in total.